The number of nitrogens with one attached hydrogen (secondary N) is 1. The smallest absolute Gasteiger partial charge is 0.252 e. The number of thiophene rings is 1. The number of nitrogens with zero attached hydrogens (tertiary/aromatic N) is 3. The zero-order chi connectivity index (χ0) is 13.8. The Morgan fingerprint density at radius 3 is 2.70 bits per heavy atom. The highest BCUT2D eigenvalue weighted by molar-refractivity contribution is 7.08. The fraction of sp³-hybridized carbons (Fsp3) is 0.357. The summed E-state index contributed by atoms with van der Waals surface area (Å²) >= 11 is 1.54. The maximum Gasteiger partial charge on any atom is 0.252 e. The zero-order valence-electron chi connectivity index (χ0n) is 11.0. The van der Waals surface area contributed by atoms with E-state index in [9.17, 15) is 4.79 Å². The largest absolute Gasteiger partial charge is 0.349 e. The van der Waals surface area contributed by atoms with E-state index in [0.29, 0.717) is 0 Å². The van der Waals surface area contributed by atoms with E-state index >= 15 is 0 Å². The second kappa shape index (κ2) is 6.00. The molecular formula is C14H16N4OS. The van der Waals surface area contributed by atoms with Crippen molar-refractivity contribution in [2.75, 3.05) is 18.0 Å². The van der Waals surface area contributed by atoms with Gasteiger partial charge >= 0.3 is 0 Å². The Morgan fingerprint density at radius 2 is 2.05 bits per heavy atom. The summed E-state index contributed by atoms with van der Waals surface area (Å²) in [6.07, 6.45) is 5.36. The van der Waals surface area contributed by atoms with Crippen LogP contribution in [0.1, 0.15) is 23.2 Å². The van der Waals surface area contributed by atoms with Crippen LogP contribution >= 0.6 is 11.3 Å². The Morgan fingerprint density at radius 1 is 1.30 bits per heavy atom. The second-order valence-electron chi connectivity index (χ2n) is 4.80. The Labute approximate surface area is 121 Å². The molecule has 0 bridgehead atoms. The van der Waals surface area contributed by atoms with E-state index in [1.807, 2.05) is 22.9 Å². The van der Waals surface area contributed by atoms with Gasteiger partial charge in [-0.2, -0.15) is 11.3 Å². The van der Waals surface area contributed by atoms with Gasteiger partial charge in [-0.25, -0.2) is 9.97 Å². The molecule has 3 rings (SSSR count). The third-order valence-electron chi connectivity index (χ3n) is 3.45. The van der Waals surface area contributed by atoms with Gasteiger partial charge in [0.2, 0.25) is 5.95 Å². The number of anilines is 1. The van der Waals surface area contributed by atoms with Crippen molar-refractivity contribution in [2.45, 2.75) is 18.9 Å². The molecule has 2 aromatic rings. The lowest BCUT2D eigenvalue weighted by atomic mass is 10.0. The number of carbonyl (C=O) groups excluding carboxylic acids is 1. The maximum atomic E-state index is 12.0. The number of piperidine rings is 1. The zero-order valence-corrected chi connectivity index (χ0v) is 11.8. The van der Waals surface area contributed by atoms with E-state index in [-0.39, 0.29) is 11.9 Å². The summed E-state index contributed by atoms with van der Waals surface area (Å²) in [4.78, 5) is 22.7. The molecule has 20 heavy (non-hydrogen) atoms. The fourth-order valence-electron chi connectivity index (χ4n) is 2.34. The van der Waals surface area contributed by atoms with E-state index in [4.69, 9.17) is 0 Å². The molecule has 0 radical (unpaired) electrons. The average molecular weight is 288 g/mol. The van der Waals surface area contributed by atoms with E-state index in [1.165, 1.54) is 0 Å². The summed E-state index contributed by atoms with van der Waals surface area (Å²) in [5.74, 6) is 0.802. The Bertz CT molecular complexity index is 550. The average Bonchev–Trinajstić information content (AvgIpc) is 3.03. The topological polar surface area (TPSA) is 58.1 Å². The minimum Gasteiger partial charge on any atom is -0.349 e. The van der Waals surface area contributed by atoms with Crippen LogP contribution in [0.2, 0.25) is 0 Å². The van der Waals surface area contributed by atoms with Crippen LogP contribution in [0.25, 0.3) is 0 Å². The van der Waals surface area contributed by atoms with Gasteiger partial charge < -0.3 is 10.2 Å². The van der Waals surface area contributed by atoms with E-state index in [2.05, 4.69) is 20.2 Å². The number of carbonyl (C=O) groups is 1. The normalized spacial score (nSPS) is 16.1. The molecule has 1 amide bonds. The van der Waals surface area contributed by atoms with Crippen molar-refractivity contribution in [2.24, 2.45) is 0 Å². The molecule has 0 spiro atoms. The van der Waals surface area contributed by atoms with Gasteiger partial charge in [0.15, 0.2) is 0 Å². The van der Waals surface area contributed by atoms with Gasteiger partial charge in [-0.3, -0.25) is 4.79 Å². The van der Waals surface area contributed by atoms with Crippen LogP contribution in [-0.4, -0.2) is 35.0 Å². The van der Waals surface area contributed by atoms with Gasteiger partial charge in [-0.05, 0) is 30.4 Å². The number of hydrogen-bond acceptors (Lipinski definition) is 5. The highest BCUT2D eigenvalue weighted by Crippen LogP contribution is 2.16. The first-order valence-corrected chi connectivity index (χ1v) is 7.62. The Balaban J connectivity index is 1.53. The quantitative estimate of drug-likeness (QED) is 0.937. The summed E-state index contributed by atoms with van der Waals surface area (Å²) in [7, 11) is 0. The molecule has 104 valence electrons. The molecule has 6 heteroatoms. The van der Waals surface area contributed by atoms with Crippen LogP contribution in [0.15, 0.2) is 35.3 Å². The molecule has 0 saturated carbocycles. The van der Waals surface area contributed by atoms with Gasteiger partial charge in [-0.15, -0.1) is 0 Å². The summed E-state index contributed by atoms with van der Waals surface area (Å²) in [6.45, 7) is 1.75. The van der Waals surface area contributed by atoms with Gasteiger partial charge in [0.25, 0.3) is 5.91 Å². The predicted octanol–water partition coefficient (Wildman–Crippen LogP) is 1.94. The van der Waals surface area contributed by atoms with Crippen LogP contribution in [0, 0.1) is 0 Å². The predicted molar refractivity (Wildman–Crippen MR) is 79.1 cm³/mol. The lowest BCUT2D eigenvalue weighted by Gasteiger charge is -2.32. The molecule has 5 nitrogen and oxygen atoms in total. The Hall–Kier alpha value is -1.95. The molecule has 1 aliphatic rings. The van der Waals surface area contributed by atoms with Crippen molar-refractivity contribution in [3.05, 3.63) is 40.8 Å². The van der Waals surface area contributed by atoms with Crippen molar-refractivity contribution in [3.63, 3.8) is 0 Å². The first kappa shape index (κ1) is 13.1. The standard InChI is InChI=1S/C14H16N4OS/c19-13(11-4-9-20-10-11)17-12-2-7-18(8-3-12)14-15-5-1-6-16-14/h1,4-6,9-10,12H,2-3,7-8H2,(H,17,19). The Kier molecular flexibility index (Phi) is 3.92. The molecule has 0 atom stereocenters. The van der Waals surface area contributed by atoms with Gasteiger partial charge in [0.05, 0.1) is 0 Å². The summed E-state index contributed by atoms with van der Waals surface area (Å²) in [6, 6.07) is 3.91. The fourth-order valence-corrected chi connectivity index (χ4v) is 2.98. The minimum atomic E-state index is 0.0284. The summed E-state index contributed by atoms with van der Waals surface area (Å²) < 4.78 is 0. The van der Waals surface area contributed by atoms with Crippen LogP contribution in [0.3, 0.4) is 0 Å². The summed E-state index contributed by atoms with van der Waals surface area (Å²) in [5.41, 5.74) is 0.754. The van der Waals surface area contributed by atoms with Crippen molar-refractivity contribution >= 4 is 23.2 Å². The monoisotopic (exact) mass is 288 g/mol. The SMILES string of the molecule is O=C(NC1CCN(c2ncccn2)CC1)c1ccsc1. The van der Waals surface area contributed by atoms with E-state index in [0.717, 1.165) is 37.4 Å². The lowest BCUT2D eigenvalue weighted by Crippen LogP contribution is -2.45. The molecule has 3 heterocycles. The number of rotatable bonds is 3. The number of amides is 1. The second-order valence-corrected chi connectivity index (χ2v) is 5.58. The van der Waals surface area contributed by atoms with Gasteiger partial charge in [0, 0.05) is 42.5 Å². The van der Waals surface area contributed by atoms with Gasteiger partial charge in [0.1, 0.15) is 0 Å². The molecular weight excluding hydrogens is 272 g/mol. The van der Waals surface area contributed by atoms with Crippen LogP contribution in [-0.2, 0) is 0 Å². The molecule has 2 aromatic heterocycles. The third kappa shape index (κ3) is 2.96. The van der Waals surface area contributed by atoms with Crippen LogP contribution in [0.5, 0.6) is 0 Å². The highest BCUT2D eigenvalue weighted by Gasteiger charge is 2.22. The van der Waals surface area contributed by atoms with Crippen LogP contribution < -0.4 is 10.2 Å². The maximum absolute atomic E-state index is 12.0. The van der Waals surface area contributed by atoms with Crippen molar-refractivity contribution in [1.82, 2.24) is 15.3 Å². The first-order valence-electron chi connectivity index (χ1n) is 6.68. The molecule has 1 fully saturated rings. The molecule has 0 unspecified atom stereocenters. The van der Waals surface area contributed by atoms with Crippen molar-refractivity contribution in [3.8, 4) is 0 Å². The molecule has 1 saturated heterocycles. The number of aromatic nitrogens is 2. The lowest BCUT2D eigenvalue weighted by molar-refractivity contribution is 0.0931. The van der Waals surface area contributed by atoms with E-state index in [1.54, 1.807) is 23.7 Å². The van der Waals surface area contributed by atoms with Crippen molar-refractivity contribution in [1.29, 1.82) is 0 Å². The first-order chi connectivity index (χ1) is 9.83. The molecule has 1 N–H and O–H groups in total. The highest BCUT2D eigenvalue weighted by atomic mass is 32.1. The summed E-state index contributed by atoms with van der Waals surface area (Å²) in [5, 5.41) is 6.89. The number of hydrogen-bond donors (Lipinski definition) is 1. The molecule has 0 aliphatic carbocycles. The molecule has 1 aliphatic heterocycles. The molecule has 0 aromatic carbocycles. The van der Waals surface area contributed by atoms with Crippen molar-refractivity contribution < 1.29 is 4.79 Å². The third-order valence-corrected chi connectivity index (χ3v) is 4.13. The minimum absolute atomic E-state index is 0.0284. The van der Waals surface area contributed by atoms with Gasteiger partial charge in [-0.1, -0.05) is 0 Å². The van der Waals surface area contributed by atoms with E-state index < -0.39 is 0 Å². The van der Waals surface area contributed by atoms with Crippen LogP contribution in [0.4, 0.5) is 5.95 Å².